The molecule has 0 saturated heterocycles. The first kappa shape index (κ1) is 23.2. The Morgan fingerprint density at radius 1 is 1.35 bits per heavy atom. The van der Waals surface area contributed by atoms with Crippen molar-refractivity contribution in [1.29, 1.82) is 0 Å². The number of benzene rings is 1. The molecule has 0 aliphatic carbocycles. The fourth-order valence-corrected chi connectivity index (χ4v) is 4.14. The van der Waals surface area contributed by atoms with Crippen LogP contribution in [0.5, 0.6) is 0 Å². The van der Waals surface area contributed by atoms with E-state index in [9.17, 15) is 4.21 Å². The fraction of sp³-hybridized carbons (Fsp3) is 0.389. The molecule has 2 rings (SSSR count). The summed E-state index contributed by atoms with van der Waals surface area (Å²) >= 11 is 3.49. The lowest BCUT2D eigenvalue weighted by molar-refractivity contribution is 0.464. The van der Waals surface area contributed by atoms with Gasteiger partial charge in [0, 0.05) is 66.4 Å². The summed E-state index contributed by atoms with van der Waals surface area (Å²) in [5.74, 6) is 1.99. The molecule has 0 spiro atoms. The highest BCUT2D eigenvalue weighted by atomic mass is 127. The van der Waals surface area contributed by atoms with Crippen LogP contribution in [0.3, 0.4) is 0 Å². The van der Waals surface area contributed by atoms with Crippen molar-refractivity contribution in [3.8, 4) is 0 Å². The molecule has 0 aliphatic rings. The third-order valence-corrected chi connectivity index (χ3v) is 5.58. The Morgan fingerprint density at radius 2 is 2.04 bits per heavy atom. The quantitative estimate of drug-likeness (QED) is 0.325. The van der Waals surface area contributed by atoms with Crippen molar-refractivity contribution in [3.05, 3.63) is 58.3 Å². The Morgan fingerprint density at radius 3 is 2.62 bits per heavy atom. The number of guanidine groups is 1. The minimum atomic E-state index is -0.887. The van der Waals surface area contributed by atoms with Gasteiger partial charge in [-0.2, -0.15) is 0 Å². The maximum Gasteiger partial charge on any atom is 0.193 e. The van der Waals surface area contributed by atoms with Gasteiger partial charge in [0.15, 0.2) is 5.96 Å². The van der Waals surface area contributed by atoms with Gasteiger partial charge in [0.1, 0.15) is 0 Å². The van der Waals surface area contributed by atoms with E-state index in [-0.39, 0.29) is 24.0 Å². The van der Waals surface area contributed by atoms with E-state index in [4.69, 9.17) is 0 Å². The lowest BCUT2D eigenvalue weighted by Gasteiger charge is -2.22. The normalized spacial score (nSPS) is 12.4. The van der Waals surface area contributed by atoms with Gasteiger partial charge in [0.05, 0.1) is 6.54 Å². The first-order chi connectivity index (χ1) is 12.0. The summed E-state index contributed by atoms with van der Waals surface area (Å²) in [6.07, 6.45) is 2.03. The zero-order chi connectivity index (χ0) is 18.2. The van der Waals surface area contributed by atoms with Crippen LogP contribution in [-0.2, 0) is 30.1 Å². The monoisotopic (exact) mass is 552 g/mol. The predicted molar refractivity (Wildman–Crippen MR) is 125 cm³/mol. The predicted octanol–water partition coefficient (Wildman–Crippen LogP) is 3.36. The summed E-state index contributed by atoms with van der Waals surface area (Å²) in [6.45, 7) is 1.38. The van der Waals surface area contributed by atoms with Gasteiger partial charge in [-0.3, -0.25) is 9.20 Å². The van der Waals surface area contributed by atoms with Gasteiger partial charge < -0.3 is 14.8 Å². The molecule has 8 heteroatoms. The molecule has 5 nitrogen and oxygen atoms in total. The second-order valence-electron chi connectivity index (χ2n) is 5.86. The Balaban J connectivity index is 0.00000338. The van der Waals surface area contributed by atoms with Crippen molar-refractivity contribution < 1.29 is 4.21 Å². The second-order valence-corrected chi connectivity index (χ2v) is 8.36. The largest absolute Gasteiger partial charge is 0.355 e. The van der Waals surface area contributed by atoms with Gasteiger partial charge in [-0.05, 0) is 27.6 Å². The van der Waals surface area contributed by atoms with Gasteiger partial charge in [0.25, 0.3) is 0 Å². The molecular formula is C18H26BrIN4OS. The highest BCUT2D eigenvalue weighted by Crippen LogP contribution is 2.14. The summed E-state index contributed by atoms with van der Waals surface area (Å²) < 4.78 is 15.4. The topological polar surface area (TPSA) is 49.6 Å². The summed E-state index contributed by atoms with van der Waals surface area (Å²) in [5.41, 5.74) is 2.29. The summed E-state index contributed by atoms with van der Waals surface area (Å²) in [6, 6.07) is 12.0. The lowest BCUT2D eigenvalue weighted by Crippen LogP contribution is -2.40. The first-order valence-corrected chi connectivity index (χ1v) is 10.4. The van der Waals surface area contributed by atoms with Gasteiger partial charge in [-0.25, -0.2) is 0 Å². The van der Waals surface area contributed by atoms with E-state index in [1.54, 1.807) is 7.05 Å². The van der Waals surface area contributed by atoms with E-state index in [0.29, 0.717) is 18.1 Å². The summed E-state index contributed by atoms with van der Waals surface area (Å²) in [4.78, 5) is 6.37. The highest BCUT2D eigenvalue weighted by molar-refractivity contribution is 14.0. The van der Waals surface area contributed by atoms with Crippen LogP contribution in [-0.4, -0.2) is 46.0 Å². The van der Waals surface area contributed by atoms with Crippen molar-refractivity contribution in [2.24, 2.45) is 12.0 Å². The Bertz CT molecular complexity index is 736. The molecule has 1 aromatic carbocycles. The highest BCUT2D eigenvalue weighted by Gasteiger charge is 2.10. The minimum Gasteiger partial charge on any atom is -0.355 e. The van der Waals surface area contributed by atoms with Crippen molar-refractivity contribution in [3.63, 3.8) is 0 Å². The molecule has 2 aromatic rings. The zero-order valence-electron chi connectivity index (χ0n) is 15.3. The number of hydrogen-bond acceptors (Lipinski definition) is 2. The number of aromatic nitrogens is 1. The van der Waals surface area contributed by atoms with Crippen LogP contribution < -0.4 is 5.32 Å². The van der Waals surface area contributed by atoms with Crippen LogP contribution in [0.15, 0.2) is 52.1 Å². The van der Waals surface area contributed by atoms with E-state index in [1.165, 1.54) is 5.69 Å². The molecule has 1 heterocycles. The Hall–Kier alpha value is -0.870. The molecule has 1 N–H and O–H groups in total. The van der Waals surface area contributed by atoms with E-state index in [2.05, 4.69) is 41.8 Å². The van der Waals surface area contributed by atoms with Crippen molar-refractivity contribution in [2.75, 3.05) is 26.4 Å². The first-order valence-electron chi connectivity index (χ1n) is 8.11. The number of nitrogens with one attached hydrogen (secondary N) is 1. The number of aliphatic imine (C=N–C) groups is 1. The standard InChI is InChI=1S/C18H25BrN4OS.HI/c1-20-18(23(3)13-17-11-16(19)12-22(17)2)21-9-10-25(24)14-15-7-5-4-6-8-15;/h4-8,11-12H,9-10,13-14H2,1-3H3,(H,20,21);1H. The van der Waals surface area contributed by atoms with Crippen LogP contribution in [0, 0.1) is 0 Å². The molecule has 0 amide bonds. The molecule has 0 aliphatic heterocycles. The SMILES string of the molecule is CN=C(NCCS(=O)Cc1ccccc1)N(C)Cc1cc(Br)cn1C.I. The van der Waals surface area contributed by atoms with Crippen LogP contribution >= 0.6 is 39.9 Å². The molecule has 1 unspecified atom stereocenters. The maximum atomic E-state index is 12.2. The molecule has 1 aromatic heterocycles. The van der Waals surface area contributed by atoms with Gasteiger partial charge in [-0.15, -0.1) is 24.0 Å². The van der Waals surface area contributed by atoms with E-state index in [1.807, 2.05) is 50.6 Å². The van der Waals surface area contributed by atoms with E-state index in [0.717, 1.165) is 22.5 Å². The van der Waals surface area contributed by atoms with Gasteiger partial charge in [0.2, 0.25) is 0 Å². The maximum absolute atomic E-state index is 12.2. The molecule has 0 radical (unpaired) electrons. The number of hydrogen-bond donors (Lipinski definition) is 1. The summed E-state index contributed by atoms with van der Waals surface area (Å²) in [5, 5.41) is 3.29. The van der Waals surface area contributed by atoms with E-state index >= 15 is 0 Å². The molecule has 0 fully saturated rings. The van der Waals surface area contributed by atoms with Crippen LogP contribution in [0.1, 0.15) is 11.3 Å². The van der Waals surface area contributed by atoms with Gasteiger partial charge >= 0.3 is 0 Å². The number of rotatable bonds is 7. The second kappa shape index (κ2) is 11.8. The van der Waals surface area contributed by atoms with E-state index < -0.39 is 10.8 Å². The van der Waals surface area contributed by atoms with Crippen LogP contribution in [0.4, 0.5) is 0 Å². The smallest absolute Gasteiger partial charge is 0.193 e. The average Bonchev–Trinajstić information content (AvgIpc) is 2.89. The molecule has 26 heavy (non-hydrogen) atoms. The minimum absolute atomic E-state index is 0. The van der Waals surface area contributed by atoms with Crippen LogP contribution in [0.25, 0.3) is 0 Å². The molecule has 1 atom stereocenters. The Labute approximate surface area is 183 Å². The zero-order valence-corrected chi connectivity index (χ0v) is 20.0. The number of halogens is 2. The third kappa shape index (κ3) is 7.40. The van der Waals surface area contributed by atoms with Crippen LogP contribution in [0.2, 0.25) is 0 Å². The average molecular weight is 553 g/mol. The number of nitrogens with zero attached hydrogens (tertiary/aromatic N) is 3. The molecular weight excluding hydrogens is 527 g/mol. The summed E-state index contributed by atoms with van der Waals surface area (Å²) in [7, 11) is 4.90. The van der Waals surface area contributed by atoms with Crippen molar-refractivity contribution in [2.45, 2.75) is 12.3 Å². The third-order valence-electron chi connectivity index (χ3n) is 3.83. The molecule has 0 bridgehead atoms. The van der Waals surface area contributed by atoms with Crippen molar-refractivity contribution >= 4 is 56.7 Å². The van der Waals surface area contributed by atoms with Crippen molar-refractivity contribution in [1.82, 2.24) is 14.8 Å². The Kier molecular flexibility index (Phi) is 10.5. The molecule has 0 saturated carbocycles. The number of aryl methyl sites for hydroxylation is 1. The van der Waals surface area contributed by atoms with Gasteiger partial charge in [-0.1, -0.05) is 30.3 Å². The molecule has 144 valence electrons. The lowest BCUT2D eigenvalue weighted by atomic mass is 10.2. The fourth-order valence-electron chi connectivity index (χ4n) is 2.53.